The summed E-state index contributed by atoms with van der Waals surface area (Å²) in [5, 5.41) is 6.14. The molecule has 0 radical (unpaired) electrons. The predicted molar refractivity (Wildman–Crippen MR) is 80.8 cm³/mol. The summed E-state index contributed by atoms with van der Waals surface area (Å²) in [5.74, 6) is -0.0332. The number of carbonyl (C=O) groups is 1. The summed E-state index contributed by atoms with van der Waals surface area (Å²) in [6.45, 7) is 5.58. The van der Waals surface area contributed by atoms with Crippen molar-refractivity contribution in [2.24, 2.45) is 0 Å². The number of thiophene rings is 1. The lowest BCUT2D eigenvalue weighted by Crippen LogP contribution is -2.22. The predicted octanol–water partition coefficient (Wildman–Crippen LogP) is 3.42. The summed E-state index contributed by atoms with van der Waals surface area (Å²) in [6.07, 6.45) is 0. The Morgan fingerprint density at radius 2 is 1.89 bits per heavy atom. The van der Waals surface area contributed by atoms with Gasteiger partial charge in [-0.3, -0.25) is 4.79 Å². The van der Waals surface area contributed by atoms with Crippen LogP contribution in [-0.2, 0) is 6.54 Å². The van der Waals surface area contributed by atoms with Gasteiger partial charge in [-0.2, -0.15) is 0 Å². The average molecular weight is 274 g/mol. The minimum atomic E-state index is -0.0332. The van der Waals surface area contributed by atoms with Gasteiger partial charge in [0.1, 0.15) is 0 Å². The molecule has 1 heterocycles. The lowest BCUT2D eigenvalue weighted by atomic mass is 10.2. The van der Waals surface area contributed by atoms with Crippen molar-refractivity contribution < 1.29 is 4.79 Å². The van der Waals surface area contributed by atoms with Crippen LogP contribution in [0.2, 0.25) is 0 Å². The highest BCUT2D eigenvalue weighted by Gasteiger charge is 2.05. The van der Waals surface area contributed by atoms with E-state index < -0.39 is 0 Å². The first-order valence-electron chi connectivity index (χ1n) is 6.36. The number of hydrogen-bond acceptors (Lipinski definition) is 3. The molecule has 0 spiro atoms. The third kappa shape index (κ3) is 3.83. The van der Waals surface area contributed by atoms with Crippen LogP contribution in [-0.4, -0.2) is 12.5 Å². The summed E-state index contributed by atoms with van der Waals surface area (Å²) in [4.78, 5) is 14.4. The monoisotopic (exact) mass is 274 g/mol. The summed E-state index contributed by atoms with van der Waals surface area (Å²) in [5.41, 5.74) is 1.72. The molecule has 0 saturated carbocycles. The first-order chi connectivity index (χ1) is 9.19. The van der Waals surface area contributed by atoms with Gasteiger partial charge in [0.05, 0.1) is 6.54 Å². The Labute approximate surface area is 117 Å². The van der Waals surface area contributed by atoms with Crippen LogP contribution in [0.5, 0.6) is 0 Å². The fraction of sp³-hybridized carbons (Fsp3) is 0.267. The van der Waals surface area contributed by atoms with Crippen molar-refractivity contribution in [3.63, 3.8) is 0 Å². The Morgan fingerprint density at radius 3 is 2.47 bits per heavy atom. The van der Waals surface area contributed by atoms with Crippen molar-refractivity contribution in [3.05, 3.63) is 51.7 Å². The van der Waals surface area contributed by atoms with Gasteiger partial charge >= 0.3 is 0 Å². The molecule has 0 aliphatic rings. The Balaban J connectivity index is 1.92. The molecule has 19 heavy (non-hydrogen) atoms. The molecule has 3 nitrogen and oxygen atoms in total. The number of amides is 1. The highest BCUT2D eigenvalue weighted by atomic mass is 32.1. The van der Waals surface area contributed by atoms with E-state index in [1.165, 1.54) is 9.75 Å². The van der Waals surface area contributed by atoms with E-state index in [2.05, 4.69) is 29.7 Å². The molecule has 100 valence electrons. The Hall–Kier alpha value is -1.81. The molecular formula is C15H18N2OS. The SMILES string of the molecule is CCNc1ccc(C(=O)NCc2ccc(C)s2)cc1. The zero-order chi connectivity index (χ0) is 13.7. The maximum Gasteiger partial charge on any atom is 0.251 e. The van der Waals surface area contributed by atoms with Gasteiger partial charge in [0.25, 0.3) is 5.91 Å². The van der Waals surface area contributed by atoms with Gasteiger partial charge in [0, 0.05) is 27.5 Å². The van der Waals surface area contributed by atoms with Crippen molar-refractivity contribution in [3.8, 4) is 0 Å². The van der Waals surface area contributed by atoms with E-state index in [4.69, 9.17) is 0 Å². The van der Waals surface area contributed by atoms with E-state index in [0.29, 0.717) is 12.1 Å². The highest BCUT2D eigenvalue weighted by Crippen LogP contribution is 2.15. The fourth-order valence-electron chi connectivity index (χ4n) is 1.79. The molecule has 0 fully saturated rings. The molecule has 2 aromatic rings. The molecule has 0 unspecified atom stereocenters. The van der Waals surface area contributed by atoms with Gasteiger partial charge in [0.2, 0.25) is 0 Å². The van der Waals surface area contributed by atoms with Crippen LogP contribution in [0, 0.1) is 6.92 Å². The van der Waals surface area contributed by atoms with Gasteiger partial charge in [-0.15, -0.1) is 11.3 Å². The third-order valence-corrected chi connectivity index (χ3v) is 3.75. The van der Waals surface area contributed by atoms with Crippen LogP contribution in [0.4, 0.5) is 5.69 Å². The van der Waals surface area contributed by atoms with Crippen molar-refractivity contribution in [2.45, 2.75) is 20.4 Å². The Kier molecular flexibility index (Phi) is 4.58. The van der Waals surface area contributed by atoms with Gasteiger partial charge in [-0.25, -0.2) is 0 Å². The van der Waals surface area contributed by atoms with Gasteiger partial charge in [-0.1, -0.05) is 0 Å². The minimum absolute atomic E-state index is 0.0332. The zero-order valence-electron chi connectivity index (χ0n) is 11.2. The van der Waals surface area contributed by atoms with Crippen LogP contribution < -0.4 is 10.6 Å². The Bertz CT molecular complexity index is 546. The molecule has 1 aromatic heterocycles. The normalized spacial score (nSPS) is 10.2. The minimum Gasteiger partial charge on any atom is -0.385 e. The number of nitrogens with one attached hydrogen (secondary N) is 2. The second kappa shape index (κ2) is 6.38. The molecule has 0 atom stereocenters. The summed E-state index contributed by atoms with van der Waals surface area (Å²) < 4.78 is 0. The van der Waals surface area contributed by atoms with Gasteiger partial charge in [0.15, 0.2) is 0 Å². The summed E-state index contributed by atoms with van der Waals surface area (Å²) >= 11 is 1.71. The Morgan fingerprint density at radius 1 is 1.16 bits per heavy atom. The van der Waals surface area contributed by atoms with E-state index >= 15 is 0 Å². The van der Waals surface area contributed by atoms with Crippen molar-refractivity contribution >= 4 is 22.9 Å². The number of carbonyl (C=O) groups excluding carboxylic acids is 1. The largest absolute Gasteiger partial charge is 0.385 e. The summed E-state index contributed by atoms with van der Waals surface area (Å²) in [7, 11) is 0. The van der Waals surface area contributed by atoms with Crippen LogP contribution in [0.1, 0.15) is 27.0 Å². The third-order valence-electron chi connectivity index (χ3n) is 2.75. The number of aryl methyl sites for hydroxylation is 1. The van der Waals surface area contributed by atoms with E-state index in [1.54, 1.807) is 11.3 Å². The molecule has 1 aromatic carbocycles. The van der Waals surface area contributed by atoms with Crippen molar-refractivity contribution in [1.29, 1.82) is 0 Å². The number of rotatable bonds is 5. The van der Waals surface area contributed by atoms with Gasteiger partial charge in [-0.05, 0) is 50.2 Å². The smallest absolute Gasteiger partial charge is 0.251 e. The molecular weight excluding hydrogens is 256 g/mol. The van der Waals surface area contributed by atoms with Crippen LogP contribution >= 0.6 is 11.3 Å². The molecule has 1 amide bonds. The van der Waals surface area contributed by atoms with E-state index in [1.807, 2.05) is 31.2 Å². The molecule has 2 N–H and O–H groups in total. The molecule has 0 aliphatic heterocycles. The molecule has 4 heteroatoms. The first-order valence-corrected chi connectivity index (χ1v) is 7.18. The molecule has 0 aliphatic carbocycles. The zero-order valence-corrected chi connectivity index (χ0v) is 12.0. The van der Waals surface area contributed by atoms with Crippen molar-refractivity contribution in [2.75, 3.05) is 11.9 Å². The molecule has 2 rings (SSSR count). The van der Waals surface area contributed by atoms with Crippen LogP contribution in [0.15, 0.2) is 36.4 Å². The van der Waals surface area contributed by atoms with Gasteiger partial charge < -0.3 is 10.6 Å². The topological polar surface area (TPSA) is 41.1 Å². The number of hydrogen-bond donors (Lipinski definition) is 2. The maximum atomic E-state index is 12.0. The maximum absolute atomic E-state index is 12.0. The number of benzene rings is 1. The molecule has 0 bridgehead atoms. The van der Waals surface area contributed by atoms with Crippen LogP contribution in [0.25, 0.3) is 0 Å². The van der Waals surface area contributed by atoms with Crippen molar-refractivity contribution in [1.82, 2.24) is 5.32 Å². The van der Waals surface area contributed by atoms with E-state index in [9.17, 15) is 4.79 Å². The quantitative estimate of drug-likeness (QED) is 0.877. The second-order valence-corrected chi connectivity index (χ2v) is 5.68. The first kappa shape index (κ1) is 13.6. The second-order valence-electron chi connectivity index (χ2n) is 4.30. The van der Waals surface area contributed by atoms with E-state index in [-0.39, 0.29) is 5.91 Å². The van der Waals surface area contributed by atoms with Crippen LogP contribution in [0.3, 0.4) is 0 Å². The standard InChI is InChI=1S/C15H18N2OS/c1-3-16-13-7-5-12(6-8-13)15(18)17-10-14-9-4-11(2)19-14/h4-9,16H,3,10H2,1-2H3,(H,17,18). The average Bonchev–Trinajstić information content (AvgIpc) is 2.83. The molecule has 0 saturated heterocycles. The summed E-state index contributed by atoms with van der Waals surface area (Å²) in [6, 6.07) is 11.6. The fourth-order valence-corrected chi connectivity index (χ4v) is 2.62. The highest BCUT2D eigenvalue weighted by molar-refractivity contribution is 7.11. The lowest BCUT2D eigenvalue weighted by molar-refractivity contribution is 0.0951. The van der Waals surface area contributed by atoms with E-state index in [0.717, 1.165) is 12.2 Å². The number of anilines is 1. The lowest BCUT2D eigenvalue weighted by Gasteiger charge is -2.06.